The summed E-state index contributed by atoms with van der Waals surface area (Å²) in [7, 11) is 0. The van der Waals surface area contributed by atoms with Gasteiger partial charge < -0.3 is 89.4 Å². The van der Waals surface area contributed by atoms with Crippen molar-refractivity contribution in [3.8, 4) is 0 Å². The van der Waals surface area contributed by atoms with Gasteiger partial charge in [0.15, 0.2) is 0 Å². The fourth-order valence-electron chi connectivity index (χ4n) is 0. The Morgan fingerprint density at radius 2 is 0.231 bits per heavy atom. The molecule has 0 amide bonds. The van der Waals surface area contributed by atoms with Gasteiger partial charge in [-0.05, 0) is 0 Å². The fourth-order valence-corrected chi connectivity index (χ4v) is 0. The second-order valence-electron chi connectivity index (χ2n) is 0. The molecule has 0 saturated heterocycles. The maximum Gasteiger partial charge on any atom is 0 e. The Balaban J connectivity index is 0. The predicted octanol–water partition coefficient (Wildman–Crippen LogP) is -15.6. The van der Waals surface area contributed by atoms with Crippen LogP contribution in [0.1, 0.15) is 0 Å². The average Bonchev–Trinajstić information content (AvgIpc) is 0. The van der Waals surface area contributed by atoms with Crippen LogP contribution in [0.15, 0.2) is 0 Å². The molecule has 13 heteroatoms. The summed E-state index contributed by atoms with van der Waals surface area (Å²) in [6.07, 6.45) is 0. The van der Waals surface area contributed by atoms with E-state index in [1.807, 2.05) is 0 Å². The predicted molar refractivity (Wildman–Crippen MR) is 3.43 cm³/mol. The monoisotopic (exact) mass is 408 g/mol. The molecule has 0 heterocycles. The quantitative estimate of drug-likeness (QED) is 0.374. The second kappa shape index (κ2) is 326. The normalized spacial score (nSPS) is 0. The van der Waals surface area contributed by atoms with Crippen LogP contribution in [0.2, 0.25) is 0 Å². The average molecular weight is 410 g/mol. The molecule has 13 heavy (non-hydrogen) atoms. The molecule has 0 rings (SSSR count). The van der Waals surface area contributed by atoms with Gasteiger partial charge in [-0.2, -0.15) is 0 Å². The van der Waals surface area contributed by atoms with Crippen LogP contribution in [0.25, 0.3) is 0 Å². The molecule has 0 aliphatic carbocycles. The van der Waals surface area contributed by atoms with E-state index in [4.69, 9.17) is 0 Å². The van der Waals surface area contributed by atoms with Crippen LogP contribution in [-0.2, 0) is 83.0 Å². The standard InChI is InChI=1S/5ClH.5O.3V/h5*1H;;;;;;;;/q;;;;;5*-2;;;/p-5. The Kier molecular flexibility index (Phi) is 10000. The first-order valence-electron chi connectivity index (χ1n) is 0. The molecule has 0 aliphatic rings. The molecule has 0 aromatic carbocycles. The molecule has 0 aromatic rings. The van der Waals surface area contributed by atoms with Crippen LogP contribution in [0.5, 0.6) is 0 Å². The number of halogens is 5. The summed E-state index contributed by atoms with van der Waals surface area (Å²) in [5.74, 6) is 0. The van der Waals surface area contributed by atoms with E-state index in [0.717, 1.165) is 0 Å². The summed E-state index contributed by atoms with van der Waals surface area (Å²) in [4.78, 5) is 0. The van der Waals surface area contributed by atoms with E-state index in [2.05, 4.69) is 0 Å². The van der Waals surface area contributed by atoms with E-state index in [9.17, 15) is 0 Å². The van der Waals surface area contributed by atoms with E-state index in [1.165, 1.54) is 0 Å². The van der Waals surface area contributed by atoms with Crippen molar-refractivity contribution >= 4 is 0 Å². The molecule has 95 valence electrons. The van der Waals surface area contributed by atoms with Gasteiger partial charge in [0.1, 0.15) is 0 Å². The molecule has 0 spiro atoms. The molecule has 0 aromatic heterocycles. The Hall–Kier alpha value is 3.00. The summed E-state index contributed by atoms with van der Waals surface area (Å²) >= 11 is 0. The molecule has 5 nitrogen and oxygen atoms in total. The molecule has 0 fully saturated rings. The van der Waals surface area contributed by atoms with Gasteiger partial charge in [-0.3, -0.25) is 0 Å². The van der Waals surface area contributed by atoms with Gasteiger partial charge in [0.25, 0.3) is 0 Å². The Morgan fingerprint density at radius 3 is 0.231 bits per heavy atom. The third-order valence-corrected chi connectivity index (χ3v) is 0. The summed E-state index contributed by atoms with van der Waals surface area (Å²) in [5.41, 5.74) is 0. The minimum atomic E-state index is 0. The van der Waals surface area contributed by atoms with Gasteiger partial charge in [-0.1, -0.05) is 0 Å². The Labute approximate surface area is 144 Å². The maximum atomic E-state index is 0. The number of hydrogen-bond acceptors (Lipinski definition) is 0. The Bertz CT molecular complexity index is 20.1. The summed E-state index contributed by atoms with van der Waals surface area (Å²) < 4.78 is 0. The van der Waals surface area contributed by atoms with Crippen LogP contribution in [0, 0.1) is 0 Å². The van der Waals surface area contributed by atoms with Gasteiger partial charge >= 0.3 is 0 Å². The van der Waals surface area contributed by atoms with Crippen LogP contribution < -0.4 is 62.0 Å². The molecular weight excluding hydrogens is 410 g/mol. The van der Waals surface area contributed by atoms with Gasteiger partial charge in [-0.15, -0.1) is 0 Å². The summed E-state index contributed by atoms with van der Waals surface area (Å²) in [6.45, 7) is 0. The van der Waals surface area contributed by atoms with Crippen LogP contribution in [0.3, 0.4) is 0 Å². The number of rotatable bonds is 0. The second-order valence-corrected chi connectivity index (χ2v) is 0. The molecule has 3 radical (unpaired) electrons. The van der Waals surface area contributed by atoms with E-state index in [1.54, 1.807) is 0 Å². The topological polar surface area (TPSA) is 142 Å². The molecular formula is Cl5O5V3-15. The Morgan fingerprint density at radius 1 is 0.231 bits per heavy atom. The first-order chi connectivity index (χ1) is 0. The molecule has 0 N–H and O–H groups in total. The third-order valence-electron chi connectivity index (χ3n) is 0. The molecule has 0 atom stereocenters. The van der Waals surface area contributed by atoms with Crippen molar-refractivity contribution in [2.45, 2.75) is 0 Å². The first-order valence-corrected chi connectivity index (χ1v) is 0. The third kappa shape index (κ3) is 281. The van der Waals surface area contributed by atoms with Gasteiger partial charge in [0.05, 0.1) is 0 Å². The van der Waals surface area contributed by atoms with Gasteiger partial charge in [-0.25, -0.2) is 0 Å². The smallest absolute Gasteiger partial charge is 0 e. The van der Waals surface area contributed by atoms with E-state index < -0.39 is 0 Å². The van der Waals surface area contributed by atoms with Gasteiger partial charge in [0.2, 0.25) is 0 Å². The van der Waals surface area contributed by atoms with Crippen molar-refractivity contribution < 1.29 is 145 Å². The zero-order valence-electron chi connectivity index (χ0n) is 5.27. The molecule has 0 aliphatic heterocycles. The minimum Gasteiger partial charge on any atom is -2.00 e. The summed E-state index contributed by atoms with van der Waals surface area (Å²) in [5, 5.41) is 0. The molecule has 0 bridgehead atoms. The van der Waals surface area contributed by atoms with E-state index in [-0.39, 0.29) is 145 Å². The first kappa shape index (κ1) is 399. The van der Waals surface area contributed by atoms with Crippen molar-refractivity contribution in [3.05, 3.63) is 0 Å². The summed E-state index contributed by atoms with van der Waals surface area (Å²) in [6, 6.07) is 0. The van der Waals surface area contributed by atoms with E-state index >= 15 is 0 Å². The van der Waals surface area contributed by atoms with Crippen molar-refractivity contribution in [1.29, 1.82) is 0 Å². The largest absolute Gasteiger partial charge is 2.00 e. The molecule has 0 unspecified atom stereocenters. The van der Waals surface area contributed by atoms with E-state index in [0.29, 0.717) is 0 Å². The van der Waals surface area contributed by atoms with Crippen molar-refractivity contribution in [2.75, 3.05) is 0 Å². The SMILES string of the molecule is [Cl-].[Cl-].[Cl-].[Cl-].[Cl-].[O-2].[O-2].[O-2].[O-2].[O-2].[V].[V].[V]. The fraction of sp³-hybridized carbons (Fsp3) is 0. The van der Waals surface area contributed by atoms with Crippen molar-refractivity contribution in [3.63, 3.8) is 0 Å². The van der Waals surface area contributed by atoms with Crippen LogP contribution in [-0.4, -0.2) is 0 Å². The number of hydrogen-bond donors (Lipinski definition) is 0. The zero-order valence-corrected chi connectivity index (χ0v) is 13.2. The maximum absolute atomic E-state index is 0. The van der Waals surface area contributed by atoms with Crippen molar-refractivity contribution in [1.82, 2.24) is 0 Å². The molecule has 0 saturated carbocycles. The minimum absolute atomic E-state index is 0. The van der Waals surface area contributed by atoms with Gasteiger partial charge in [0, 0.05) is 55.7 Å². The van der Waals surface area contributed by atoms with Crippen LogP contribution in [0.4, 0.5) is 0 Å². The zero-order chi connectivity index (χ0) is 0. The van der Waals surface area contributed by atoms with Crippen molar-refractivity contribution in [2.24, 2.45) is 0 Å². The van der Waals surface area contributed by atoms with Crippen LogP contribution >= 0.6 is 0 Å².